The molecule has 1 N–H and O–H groups in total. The summed E-state index contributed by atoms with van der Waals surface area (Å²) in [4.78, 5) is 10.9. The zero-order chi connectivity index (χ0) is 18.2. The van der Waals surface area contributed by atoms with Gasteiger partial charge in [-0.05, 0) is 26.0 Å². The number of rotatable bonds is 7. The molecule has 0 saturated carbocycles. The van der Waals surface area contributed by atoms with Crippen LogP contribution in [0, 0.1) is 0 Å². The number of nitrogens with zero attached hydrogens (tertiary/aromatic N) is 5. The molecule has 0 bridgehead atoms. The molecule has 1 aromatic heterocycles. The van der Waals surface area contributed by atoms with Crippen LogP contribution in [0.2, 0.25) is 5.02 Å². The Labute approximate surface area is 153 Å². The minimum absolute atomic E-state index is 0.100. The Kier molecular flexibility index (Phi) is 7.06. The van der Waals surface area contributed by atoms with Crippen LogP contribution in [0.1, 0.15) is 19.7 Å². The first-order valence-corrected chi connectivity index (χ1v) is 8.62. The van der Waals surface area contributed by atoms with E-state index in [1.165, 1.54) is 0 Å². The Morgan fingerprint density at radius 1 is 1.44 bits per heavy atom. The summed E-state index contributed by atoms with van der Waals surface area (Å²) in [6.07, 6.45) is 1.45. The number of nitrogens with one attached hydrogen (secondary N) is 1. The van der Waals surface area contributed by atoms with Crippen molar-refractivity contribution in [3.8, 4) is 5.75 Å². The fraction of sp³-hybridized carbons (Fsp3) is 0.471. The number of halogens is 1. The summed E-state index contributed by atoms with van der Waals surface area (Å²) in [6, 6.07) is 7.44. The Balaban J connectivity index is 1.98. The molecule has 0 saturated heterocycles. The highest BCUT2D eigenvalue weighted by atomic mass is 35.5. The summed E-state index contributed by atoms with van der Waals surface area (Å²) in [5, 5.41) is 7.97. The second kappa shape index (κ2) is 9.27. The molecule has 0 radical (unpaired) electrons. The van der Waals surface area contributed by atoms with Gasteiger partial charge < -0.3 is 15.0 Å². The Bertz CT molecular complexity index is 702. The number of para-hydroxylation sites is 1. The summed E-state index contributed by atoms with van der Waals surface area (Å²) < 4.78 is 7.62. The van der Waals surface area contributed by atoms with Crippen molar-refractivity contribution >= 4 is 17.6 Å². The Morgan fingerprint density at radius 3 is 2.84 bits per heavy atom. The lowest BCUT2D eigenvalue weighted by Gasteiger charge is -2.22. The van der Waals surface area contributed by atoms with Crippen LogP contribution in [0.25, 0.3) is 0 Å². The van der Waals surface area contributed by atoms with Gasteiger partial charge in [0.15, 0.2) is 5.96 Å². The molecule has 0 spiro atoms. The van der Waals surface area contributed by atoms with Gasteiger partial charge in [-0.25, -0.2) is 9.98 Å². The fourth-order valence-corrected chi connectivity index (χ4v) is 2.41. The van der Waals surface area contributed by atoms with Crippen LogP contribution in [0.4, 0.5) is 0 Å². The molecular formula is C17H25ClN6O. The second-order valence-electron chi connectivity index (χ2n) is 5.71. The molecule has 136 valence electrons. The van der Waals surface area contributed by atoms with Crippen molar-refractivity contribution in [2.24, 2.45) is 12.0 Å². The lowest BCUT2D eigenvalue weighted by Crippen LogP contribution is -2.39. The minimum Gasteiger partial charge on any atom is -0.487 e. The molecule has 0 aliphatic carbocycles. The van der Waals surface area contributed by atoms with E-state index in [9.17, 15) is 0 Å². The van der Waals surface area contributed by atoms with Gasteiger partial charge in [-0.1, -0.05) is 23.7 Å². The van der Waals surface area contributed by atoms with Gasteiger partial charge in [-0.3, -0.25) is 4.68 Å². The maximum absolute atomic E-state index is 6.13. The van der Waals surface area contributed by atoms with Crippen molar-refractivity contribution in [2.45, 2.75) is 26.5 Å². The summed E-state index contributed by atoms with van der Waals surface area (Å²) in [7, 11) is 3.84. The Morgan fingerprint density at radius 2 is 2.20 bits per heavy atom. The van der Waals surface area contributed by atoms with Gasteiger partial charge >= 0.3 is 0 Å². The van der Waals surface area contributed by atoms with Gasteiger partial charge in [0.1, 0.15) is 24.0 Å². The van der Waals surface area contributed by atoms with Gasteiger partial charge in [0.05, 0.1) is 18.1 Å². The SMILES string of the molecule is CCNC(=NCC(C)Oc1ccccc1Cl)N(C)Cc1ncnn1C. The van der Waals surface area contributed by atoms with Crippen molar-refractivity contribution in [3.63, 3.8) is 0 Å². The van der Waals surface area contributed by atoms with E-state index in [2.05, 4.69) is 20.4 Å². The molecule has 1 aromatic carbocycles. The average molecular weight is 365 g/mol. The standard InChI is InChI=1S/C17H25ClN6O/c1-5-19-17(23(3)11-16-21-12-22-24(16)4)20-10-13(2)25-15-9-7-6-8-14(15)18/h6-9,12-13H,5,10-11H2,1-4H3,(H,19,20). The van der Waals surface area contributed by atoms with Crippen LogP contribution in [0.15, 0.2) is 35.6 Å². The average Bonchev–Trinajstić information content (AvgIpc) is 2.98. The van der Waals surface area contributed by atoms with Crippen molar-refractivity contribution in [1.82, 2.24) is 25.0 Å². The van der Waals surface area contributed by atoms with E-state index in [-0.39, 0.29) is 6.10 Å². The van der Waals surface area contributed by atoms with Crippen LogP contribution >= 0.6 is 11.6 Å². The predicted octanol–water partition coefficient (Wildman–Crippen LogP) is 2.33. The van der Waals surface area contributed by atoms with Crippen LogP contribution in [-0.4, -0.2) is 51.9 Å². The molecule has 0 aliphatic rings. The molecular weight excluding hydrogens is 340 g/mol. The first-order valence-electron chi connectivity index (χ1n) is 8.24. The minimum atomic E-state index is -0.100. The lowest BCUT2D eigenvalue weighted by atomic mass is 10.3. The number of hydrogen-bond acceptors (Lipinski definition) is 4. The first-order chi connectivity index (χ1) is 12.0. The van der Waals surface area contributed by atoms with Crippen LogP contribution in [0.5, 0.6) is 5.75 Å². The zero-order valence-corrected chi connectivity index (χ0v) is 15.9. The van der Waals surface area contributed by atoms with E-state index < -0.39 is 0 Å². The maximum Gasteiger partial charge on any atom is 0.194 e. The smallest absolute Gasteiger partial charge is 0.194 e. The van der Waals surface area contributed by atoms with E-state index in [1.807, 2.05) is 57.1 Å². The highest BCUT2D eigenvalue weighted by Gasteiger charge is 2.12. The van der Waals surface area contributed by atoms with E-state index in [0.29, 0.717) is 23.9 Å². The number of aliphatic imine (C=N–C) groups is 1. The number of hydrogen-bond donors (Lipinski definition) is 1. The molecule has 0 fully saturated rings. The van der Waals surface area contributed by atoms with Gasteiger partial charge in [-0.2, -0.15) is 5.10 Å². The second-order valence-corrected chi connectivity index (χ2v) is 6.12. The lowest BCUT2D eigenvalue weighted by molar-refractivity contribution is 0.230. The monoisotopic (exact) mass is 364 g/mol. The van der Waals surface area contributed by atoms with Crippen molar-refractivity contribution in [3.05, 3.63) is 41.4 Å². The Hall–Kier alpha value is -2.28. The van der Waals surface area contributed by atoms with E-state index >= 15 is 0 Å². The normalized spacial score (nSPS) is 12.8. The van der Waals surface area contributed by atoms with E-state index in [0.717, 1.165) is 18.3 Å². The summed E-state index contributed by atoms with van der Waals surface area (Å²) in [5.41, 5.74) is 0. The molecule has 0 aliphatic heterocycles. The van der Waals surface area contributed by atoms with Gasteiger partial charge in [0.25, 0.3) is 0 Å². The maximum atomic E-state index is 6.13. The predicted molar refractivity (Wildman–Crippen MR) is 100.0 cm³/mol. The summed E-state index contributed by atoms with van der Waals surface area (Å²) in [6.45, 7) is 5.91. The largest absolute Gasteiger partial charge is 0.487 e. The molecule has 7 nitrogen and oxygen atoms in total. The highest BCUT2D eigenvalue weighted by Crippen LogP contribution is 2.24. The molecule has 1 unspecified atom stereocenters. The van der Waals surface area contributed by atoms with Gasteiger partial charge in [-0.15, -0.1) is 0 Å². The van der Waals surface area contributed by atoms with Crippen molar-refractivity contribution in [2.75, 3.05) is 20.1 Å². The first kappa shape index (κ1) is 19.1. The third-order valence-electron chi connectivity index (χ3n) is 3.54. The molecule has 1 heterocycles. The molecule has 2 aromatic rings. The molecule has 25 heavy (non-hydrogen) atoms. The number of benzene rings is 1. The molecule has 0 amide bonds. The molecule has 1 atom stereocenters. The van der Waals surface area contributed by atoms with Gasteiger partial charge in [0, 0.05) is 20.6 Å². The number of aromatic nitrogens is 3. The number of guanidine groups is 1. The summed E-state index contributed by atoms with van der Waals surface area (Å²) >= 11 is 6.13. The topological polar surface area (TPSA) is 67.6 Å². The number of aryl methyl sites for hydroxylation is 1. The van der Waals surface area contributed by atoms with Gasteiger partial charge in [0.2, 0.25) is 0 Å². The third-order valence-corrected chi connectivity index (χ3v) is 3.86. The highest BCUT2D eigenvalue weighted by molar-refractivity contribution is 6.32. The van der Waals surface area contributed by atoms with Crippen LogP contribution in [0.3, 0.4) is 0 Å². The quantitative estimate of drug-likeness (QED) is 0.603. The van der Waals surface area contributed by atoms with E-state index in [4.69, 9.17) is 16.3 Å². The zero-order valence-electron chi connectivity index (χ0n) is 15.1. The number of ether oxygens (including phenoxy) is 1. The fourth-order valence-electron chi connectivity index (χ4n) is 2.23. The van der Waals surface area contributed by atoms with Crippen LogP contribution in [-0.2, 0) is 13.6 Å². The van der Waals surface area contributed by atoms with Crippen molar-refractivity contribution < 1.29 is 4.74 Å². The summed E-state index contributed by atoms with van der Waals surface area (Å²) in [5.74, 6) is 2.33. The van der Waals surface area contributed by atoms with Crippen molar-refractivity contribution in [1.29, 1.82) is 0 Å². The third kappa shape index (κ3) is 5.63. The molecule has 8 heteroatoms. The van der Waals surface area contributed by atoms with Crippen LogP contribution < -0.4 is 10.1 Å². The molecule has 2 rings (SSSR count). The van der Waals surface area contributed by atoms with E-state index in [1.54, 1.807) is 11.0 Å².